The Morgan fingerprint density at radius 2 is 1.85 bits per heavy atom. The fraction of sp³-hybridized carbons (Fsp3) is 0.333. The highest BCUT2D eigenvalue weighted by Crippen LogP contribution is 2.32. The molecule has 1 heterocycles. The van der Waals surface area contributed by atoms with Gasteiger partial charge in [0.2, 0.25) is 0 Å². The van der Waals surface area contributed by atoms with E-state index in [4.69, 9.17) is 4.42 Å². The molecule has 0 bridgehead atoms. The third kappa shape index (κ3) is 4.44. The second-order valence-electron chi connectivity index (χ2n) is 5.96. The van der Waals surface area contributed by atoms with Crippen molar-refractivity contribution in [3.05, 3.63) is 47.7 Å². The van der Waals surface area contributed by atoms with Gasteiger partial charge >= 0.3 is 12.1 Å². The summed E-state index contributed by atoms with van der Waals surface area (Å²) < 4.78 is 48.4. The number of carbonyl (C=O) groups excluding carboxylic acids is 2. The monoisotopic (exact) mass is 369 g/mol. The number of furan rings is 1. The molecule has 0 spiro atoms. The van der Waals surface area contributed by atoms with E-state index in [0.717, 1.165) is 12.1 Å². The first-order chi connectivity index (χ1) is 12.1. The zero-order valence-corrected chi connectivity index (χ0v) is 14.4. The van der Waals surface area contributed by atoms with E-state index in [1.165, 1.54) is 31.4 Å². The molecule has 2 rings (SSSR count). The lowest BCUT2D eigenvalue weighted by Gasteiger charge is -2.18. The normalized spacial score (nSPS) is 12.7. The summed E-state index contributed by atoms with van der Waals surface area (Å²) in [7, 11) is 1.21. The van der Waals surface area contributed by atoms with Gasteiger partial charge in [-0.15, -0.1) is 0 Å². The number of ether oxygens (including phenoxy) is 1. The summed E-state index contributed by atoms with van der Waals surface area (Å²) in [5.41, 5.74) is -0.629. The molecule has 8 heteroatoms. The number of amides is 1. The SMILES string of the molecule is COC(=O)C(NC(=O)c1ccc(-c2cccc(C(F)(F)F)c2)o1)C(C)C. The summed E-state index contributed by atoms with van der Waals surface area (Å²) in [6, 6.07) is 6.45. The van der Waals surface area contributed by atoms with E-state index in [1.807, 2.05) is 0 Å². The van der Waals surface area contributed by atoms with Crippen LogP contribution in [0.15, 0.2) is 40.8 Å². The Morgan fingerprint density at radius 3 is 2.42 bits per heavy atom. The number of halogens is 3. The molecule has 0 radical (unpaired) electrons. The summed E-state index contributed by atoms with van der Waals surface area (Å²) in [6.45, 7) is 3.47. The van der Waals surface area contributed by atoms with Crippen molar-refractivity contribution in [3.8, 4) is 11.3 Å². The van der Waals surface area contributed by atoms with Crippen LogP contribution >= 0.6 is 0 Å². The van der Waals surface area contributed by atoms with Crippen LogP contribution in [0.1, 0.15) is 30.0 Å². The smallest absolute Gasteiger partial charge is 0.416 e. The number of hydrogen-bond acceptors (Lipinski definition) is 4. The lowest BCUT2D eigenvalue weighted by molar-refractivity contribution is -0.144. The summed E-state index contributed by atoms with van der Waals surface area (Å²) in [6.07, 6.45) is -4.48. The van der Waals surface area contributed by atoms with Gasteiger partial charge in [0.15, 0.2) is 5.76 Å². The first kappa shape index (κ1) is 19.6. The molecule has 0 aliphatic rings. The second kappa shape index (κ2) is 7.63. The second-order valence-corrected chi connectivity index (χ2v) is 5.96. The van der Waals surface area contributed by atoms with Gasteiger partial charge in [0.05, 0.1) is 12.7 Å². The number of alkyl halides is 3. The van der Waals surface area contributed by atoms with E-state index in [9.17, 15) is 22.8 Å². The van der Waals surface area contributed by atoms with Gasteiger partial charge in [-0.1, -0.05) is 26.0 Å². The molecular formula is C18H18F3NO4. The Balaban J connectivity index is 2.22. The molecule has 5 nitrogen and oxygen atoms in total. The Labute approximate surface area is 148 Å². The highest BCUT2D eigenvalue weighted by molar-refractivity contribution is 5.95. The van der Waals surface area contributed by atoms with E-state index in [1.54, 1.807) is 13.8 Å². The van der Waals surface area contributed by atoms with Crippen molar-refractivity contribution in [3.63, 3.8) is 0 Å². The van der Waals surface area contributed by atoms with E-state index in [2.05, 4.69) is 10.1 Å². The first-order valence-electron chi connectivity index (χ1n) is 7.79. The molecule has 0 fully saturated rings. The van der Waals surface area contributed by atoms with Gasteiger partial charge in [0.25, 0.3) is 5.91 Å². The van der Waals surface area contributed by atoms with Crippen molar-refractivity contribution < 1.29 is 31.9 Å². The van der Waals surface area contributed by atoms with Crippen LogP contribution in [-0.2, 0) is 15.7 Å². The molecule has 1 aromatic heterocycles. The number of esters is 1. The highest BCUT2D eigenvalue weighted by atomic mass is 19.4. The fourth-order valence-corrected chi connectivity index (χ4v) is 2.30. The number of rotatable bonds is 5. The van der Waals surface area contributed by atoms with E-state index < -0.39 is 29.7 Å². The van der Waals surface area contributed by atoms with Crippen LogP contribution in [0.25, 0.3) is 11.3 Å². The molecule has 2 aromatic rings. The maximum absolute atomic E-state index is 12.8. The number of carbonyl (C=O) groups is 2. The Kier molecular flexibility index (Phi) is 5.74. The minimum absolute atomic E-state index is 0.111. The minimum Gasteiger partial charge on any atom is -0.467 e. The van der Waals surface area contributed by atoms with Crippen LogP contribution in [0.5, 0.6) is 0 Å². The average molecular weight is 369 g/mol. The van der Waals surface area contributed by atoms with E-state index in [0.29, 0.717) is 0 Å². The quantitative estimate of drug-likeness (QED) is 0.812. The lowest BCUT2D eigenvalue weighted by Crippen LogP contribution is -2.44. The van der Waals surface area contributed by atoms with Crippen molar-refractivity contribution in [2.24, 2.45) is 5.92 Å². The molecule has 1 N–H and O–H groups in total. The molecule has 26 heavy (non-hydrogen) atoms. The van der Waals surface area contributed by atoms with E-state index >= 15 is 0 Å². The standard InChI is InChI=1S/C18H18F3NO4/c1-10(2)15(17(24)25-3)22-16(23)14-8-7-13(26-14)11-5-4-6-12(9-11)18(19,20)21/h4-10,15H,1-3H3,(H,22,23). The predicted molar refractivity (Wildman–Crippen MR) is 87.3 cm³/mol. The van der Waals surface area contributed by atoms with Crippen molar-refractivity contribution in [1.29, 1.82) is 0 Å². The summed E-state index contributed by atoms with van der Waals surface area (Å²) in [4.78, 5) is 24.0. The molecule has 1 amide bonds. The van der Waals surface area contributed by atoms with Gasteiger partial charge in [-0.2, -0.15) is 13.2 Å². The molecule has 1 atom stereocenters. The van der Waals surface area contributed by atoms with Gasteiger partial charge in [0, 0.05) is 5.56 Å². The molecule has 1 aromatic carbocycles. The minimum atomic E-state index is -4.48. The number of hydrogen-bond donors (Lipinski definition) is 1. The maximum Gasteiger partial charge on any atom is 0.416 e. The van der Waals surface area contributed by atoms with Crippen LogP contribution in [0.2, 0.25) is 0 Å². The van der Waals surface area contributed by atoms with Crippen LogP contribution in [0.4, 0.5) is 13.2 Å². The molecule has 0 aliphatic heterocycles. The van der Waals surface area contributed by atoms with Crippen LogP contribution in [0, 0.1) is 5.92 Å². The molecule has 140 valence electrons. The zero-order chi connectivity index (χ0) is 19.5. The van der Waals surface area contributed by atoms with Gasteiger partial charge in [-0.3, -0.25) is 4.79 Å². The van der Waals surface area contributed by atoms with Crippen molar-refractivity contribution >= 4 is 11.9 Å². The molecule has 1 unspecified atom stereocenters. The zero-order valence-electron chi connectivity index (χ0n) is 14.4. The van der Waals surface area contributed by atoms with E-state index in [-0.39, 0.29) is 23.0 Å². The first-order valence-corrected chi connectivity index (χ1v) is 7.79. The van der Waals surface area contributed by atoms with Gasteiger partial charge in [0.1, 0.15) is 11.8 Å². The third-order valence-corrected chi connectivity index (χ3v) is 3.71. The molecule has 0 saturated heterocycles. The summed E-state index contributed by atoms with van der Waals surface area (Å²) in [5, 5.41) is 2.50. The highest BCUT2D eigenvalue weighted by Gasteiger charge is 2.31. The Hall–Kier alpha value is -2.77. The predicted octanol–water partition coefficient (Wildman–Crippen LogP) is 3.89. The number of benzene rings is 1. The van der Waals surface area contributed by atoms with Crippen LogP contribution in [0.3, 0.4) is 0 Å². The molecular weight excluding hydrogens is 351 g/mol. The Morgan fingerprint density at radius 1 is 1.15 bits per heavy atom. The van der Waals surface area contributed by atoms with Crippen molar-refractivity contribution in [2.75, 3.05) is 7.11 Å². The van der Waals surface area contributed by atoms with Crippen LogP contribution in [-0.4, -0.2) is 25.0 Å². The average Bonchev–Trinajstić information content (AvgIpc) is 3.08. The van der Waals surface area contributed by atoms with Crippen molar-refractivity contribution in [1.82, 2.24) is 5.32 Å². The van der Waals surface area contributed by atoms with Crippen LogP contribution < -0.4 is 5.32 Å². The van der Waals surface area contributed by atoms with Crippen molar-refractivity contribution in [2.45, 2.75) is 26.1 Å². The third-order valence-electron chi connectivity index (χ3n) is 3.71. The van der Waals surface area contributed by atoms with Gasteiger partial charge in [-0.05, 0) is 30.2 Å². The Bertz CT molecular complexity index is 796. The summed E-state index contributed by atoms with van der Waals surface area (Å²) in [5.74, 6) is -1.48. The largest absolute Gasteiger partial charge is 0.467 e. The fourth-order valence-electron chi connectivity index (χ4n) is 2.30. The topological polar surface area (TPSA) is 68.5 Å². The summed E-state index contributed by atoms with van der Waals surface area (Å²) >= 11 is 0. The number of methoxy groups -OCH3 is 1. The van der Waals surface area contributed by atoms with Gasteiger partial charge in [-0.25, -0.2) is 4.79 Å². The number of nitrogens with one attached hydrogen (secondary N) is 1. The molecule has 0 aliphatic carbocycles. The maximum atomic E-state index is 12.8. The van der Waals surface area contributed by atoms with Gasteiger partial charge < -0.3 is 14.5 Å². The lowest BCUT2D eigenvalue weighted by atomic mass is 10.0. The molecule has 0 saturated carbocycles.